The molecule has 2 aliphatic rings. The van der Waals surface area contributed by atoms with Gasteiger partial charge in [0.15, 0.2) is 5.78 Å². The average molecular weight is 411 g/mol. The Labute approximate surface area is 172 Å². The number of Topliss-reactive ketones (excluding diaryl/α,β-unsaturated/α-hetero) is 2. The van der Waals surface area contributed by atoms with Crippen molar-refractivity contribution in [3.63, 3.8) is 0 Å². The molecule has 0 radical (unpaired) electrons. The number of hydrogen-bond acceptors (Lipinski definition) is 7. The SMILES string of the molecule is CC(=O)NC[C@H]1CN(c2ccc3c(c2)CCCC(C(=O)c2ccno2)C3=O)C(=O)O1. The Kier molecular flexibility index (Phi) is 5.35. The Morgan fingerprint density at radius 3 is 2.83 bits per heavy atom. The molecule has 1 N–H and O–H groups in total. The van der Waals surface area contributed by atoms with Crippen LogP contribution in [0.3, 0.4) is 0 Å². The molecule has 0 bridgehead atoms. The number of nitrogens with one attached hydrogen (secondary N) is 1. The monoisotopic (exact) mass is 411 g/mol. The maximum Gasteiger partial charge on any atom is 0.414 e. The molecule has 1 saturated heterocycles. The molecule has 2 atom stereocenters. The van der Waals surface area contributed by atoms with Gasteiger partial charge in [0.1, 0.15) is 6.10 Å². The summed E-state index contributed by atoms with van der Waals surface area (Å²) in [5.74, 6) is -1.52. The van der Waals surface area contributed by atoms with E-state index in [-0.39, 0.29) is 29.8 Å². The standard InChI is InChI=1S/C21H21N3O6/c1-12(25)22-10-15-11-24(21(28)29-15)14-5-6-16-13(9-14)3-2-4-17(19(16)26)20(27)18-7-8-23-30-18/h5-9,15,17H,2-4,10-11H2,1H3,(H,22,25)/t15-,17?/m0/s1. The summed E-state index contributed by atoms with van der Waals surface area (Å²) in [6, 6.07) is 6.60. The fraction of sp³-hybridized carbons (Fsp3) is 0.381. The highest BCUT2D eigenvalue weighted by Gasteiger charge is 2.35. The highest BCUT2D eigenvalue weighted by molar-refractivity contribution is 6.16. The first-order valence-electron chi connectivity index (χ1n) is 9.78. The Balaban J connectivity index is 1.53. The molecule has 2 aromatic rings. The van der Waals surface area contributed by atoms with Crippen molar-refractivity contribution in [2.45, 2.75) is 32.3 Å². The molecule has 156 valence electrons. The topological polar surface area (TPSA) is 119 Å². The number of amides is 2. The van der Waals surface area contributed by atoms with Crippen molar-refractivity contribution >= 4 is 29.3 Å². The molecular weight excluding hydrogens is 390 g/mol. The van der Waals surface area contributed by atoms with Crippen molar-refractivity contribution < 1.29 is 28.4 Å². The number of ketones is 2. The number of aryl methyl sites for hydroxylation is 1. The highest BCUT2D eigenvalue weighted by Crippen LogP contribution is 2.31. The number of benzene rings is 1. The lowest BCUT2D eigenvalue weighted by Crippen LogP contribution is -2.33. The number of cyclic esters (lactones) is 1. The van der Waals surface area contributed by atoms with Crippen molar-refractivity contribution in [3.8, 4) is 0 Å². The third-order valence-electron chi connectivity index (χ3n) is 5.37. The summed E-state index contributed by atoms with van der Waals surface area (Å²) >= 11 is 0. The third kappa shape index (κ3) is 3.83. The minimum Gasteiger partial charge on any atom is -0.442 e. The van der Waals surface area contributed by atoms with E-state index in [2.05, 4.69) is 10.5 Å². The minimum absolute atomic E-state index is 0.0819. The van der Waals surface area contributed by atoms with Gasteiger partial charge in [0.25, 0.3) is 0 Å². The molecule has 2 amide bonds. The number of anilines is 1. The van der Waals surface area contributed by atoms with Crippen LogP contribution < -0.4 is 10.2 Å². The maximum atomic E-state index is 13.0. The molecule has 9 nitrogen and oxygen atoms in total. The second-order valence-corrected chi connectivity index (χ2v) is 7.44. The number of nitrogens with zero attached hydrogens (tertiary/aromatic N) is 2. The second-order valence-electron chi connectivity index (χ2n) is 7.44. The van der Waals surface area contributed by atoms with Gasteiger partial charge in [-0.1, -0.05) is 5.16 Å². The molecule has 0 spiro atoms. The maximum absolute atomic E-state index is 13.0. The third-order valence-corrected chi connectivity index (χ3v) is 5.37. The Bertz CT molecular complexity index is 1000. The van der Waals surface area contributed by atoms with Crippen LogP contribution in [0.15, 0.2) is 35.0 Å². The molecule has 0 saturated carbocycles. The molecule has 4 rings (SSSR count). The van der Waals surface area contributed by atoms with Crippen molar-refractivity contribution in [2.75, 3.05) is 18.0 Å². The number of carbonyl (C=O) groups is 4. The number of aromatic nitrogens is 1. The summed E-state index contributed by atoms with van der Waals surface area (Å²) in [7, 11) is 0. The zero-order chi connectivity index (χ0) is 21.3. The first kappa shape index (κ1) is 19.8. The molecule has 1 aromatic carbocycles. The highest BCUT2D eigenvalue weighted by atomic mass is 16.6. The Hall–Kier alpha value is -3.49. The number of fused-ring (bicyclic) bond motifs is 1. The van der Waals surface area contributed by atoms with Gasteiger partial charge < -0.3 is 14.6 Å². The smallest absolute Gasteiger partial charge is 0.414 e. The summed E-state index contributed by atoms with van der Waals surface area (Å²) in [5, 5.41) is 6.18. The lowest BCUT2D eigenvalue weighted by atomic mass is 9.90. The van der Waals surface area contributed by atoms with E-state index in [1.165, 1.54) is 24.1 Å². The van der Waals surface area contributed by atoms with Gasteiger partial charge >= 0.3 is 6.09 Å². The molecule has 1 aliphatic carbocycles. The second kappa shape index (κ2) is 8.10. The zero-order valence-corrected chi connectivity index (χ0v) is 16.4. The molecule has 1 aromatic heterocycles. The van der Waals surface area contributed by atoms with Gasteiger partial charge in [-0.2, -0.15) is 0 Å². The molecule has 2 heterocycles. The van der Waals surface area contributed by atoms with Crippen LogP contribution >= 0.6 is 0 Å². The van der Waals surface area contributed by atoms with Crippen LogP contribution in [0.4, 0.5) is 10.5 Å². The largest absolute Gasteiger partial charge is 0.442 e. The van der Waals surface area contributed by atoms with Crippen molar-refractivity contribution in [1.82, 2.24) is 10.5 Å². The quantitative estimate of drug-likeness (QED) is 0.455. The summed E-state index contributed by atoms with van der Waals surface area (Å²) in [6.45, 7) is 1.95. The van der Waals surface area contributed by atoms with E-state index in [0.29, 0.717) is 37.1 Å². The van der Waals surface area contributed by atoms with E-state index in [4.69, 9.17) is 9.26 Å². The van der Waals surface area contributed by atoms with Crippen molar-refractivity contribution in [2.24, 2.45) is 5.92 Å². The number of rotatable bonds is 5. The normalized spacial score (nSPS) is 21.0. The van der Waals surface area contributed by atoms with Gasteiger partial charge in [0, 0.05) is 24.2 Å². The fourth-order valence-corrected chi connectivity index (χ4v) is 3.87. The van der Waals surface area contributed by atoms with E-state index >= 15 is 0 Å². The van der Waals surface area contributed by atoms with Gasteiger partial charge in [-0.15, -0.1) is 0 Å². The molecule has 1 fully saturated rings. The van der Waals surface area contributed by atoms with Gasteiger partial charge in [0.05, 0.1) is 25.2 Å². The number of carbonyl (C=O) groups excluding carboxylic acids is 4. The number of hydrogen-bond donors (Lipinski definition) is 1. The van der Waals surface area contributed by atoms with Crippen molar-refractivity contribution in [3.05, 3.63) is 47.3 Å². The van der Waals surface area contributed by atoms with Gasteiger partial charge in [0.2, 0.25) is 17.5 Å². The lowest BCUT2D eigenvalue weighted by Gasteiger charge is -2.16. The zero-order valence-electron chi connectivity index (χ0n) is 16.4. The van der Waals surface area contributed by atoms with E-state index in [1.54, 1.807) is 18.2 Å². The van der Waals surface area contributed by atoms with Crippen LogP contribution in [0, 0.1) is 5.92 Å². The molecule has 1 aliphatic heterocycles. The summed E-state index contributed by atoms with van der Waals surface area (Å²) in [5.41, 5.74) is 1.90. The van der Waals surface area contributed by atoms with Crippen LogP contribution in [-0.2, 0) is 16.0 Å². The van der Waals surface area contributed by atoms with E-state index in [0.717, 1.165) is 5.56 Å². The van der Waals surface area contributed by atoms with Crippen molar-refractivity contribution in [1.29, 1.82) is 0 Å². The van der Waals surface area contributed by atoms with E-state index in [9.17, 15) is 19.2 Å². The molecule has 30 heavy (non-hydrogen) atoms. The van der Waals surface area contributed by atoms with Crippen LogP contribution in [-0.4, -0.2) is 47.9 Å². The molecule has 1 unspecified atom stereocenters. The Morgan fingerprint density at radius 1 is 1.27 bits per heavy atom. The van der Waals surface area contributed by atoms with Crippen LogP contribution in [0.1, 0.15) is 46.2 Å². The average Bonchev–Trinajstić information content (AvgIpc) is 3.35. The van der Waals surface area contributed by atoms with Crippen LogP contribution in [0.5, 0.6) is 0 Å². The summed E-state index contributed by atoms with van der Waals surface area (Å²) < 4.78 is 10.2. The van der Waals surface area contributed by atoms with Crippen LogP contribution in [0.25, 0.3) is 0 Å². The lowest BCUT2D eigenvalue weighted by molar-refractivity contribution is -0.119. The van der Waals surface area contributed by atoms with E-state index < -0.39 is 18.1 Å². The summed E-state index contributed by atoms with van der Waals surface area (Å²) in [4.78, 5) is 50.5. The molecule has 9 heteroatoms. The predicted octanol–water partition coefficient (Wildman–Crippen LogP) is 2.15. The van der Waals surface area contributed by atoms with Gasteiger partial charge in [-0.05, 0) is 43.0 Å². The first-order chi connectivity index (χ1) is 14.4. The number of ether oxygens (including phenoxy) is 1. The Morgan fingerprint density at radius 2 is 2.10 bits per heavy atom. The van der Waals surface area contributed by atoms with Gasteiger partial charge in [-0.3, -0.25) is 19.3 Å². The predicted molar refractivity (Wildman–Crippen MR) is 104 cm³/mol. The van der Waals surface area contributed by atoms with Crippen LogP contribution in [0.2, 0.25) is 0 Å². The first-order valence-corrected chi connectivity index (χ1v) is 9.78. The van der Waals surface area contributed by atoms with E-state index in [1.807, 2.05) is 0 Å². The minimum atomic E-state index is -0.802. The molecular formula is C21H21N3O6. The summed E-state index contributed by atoms with van der Waals surface area (Å²) in [6.07, 6.45) is 2.14. The fourth-order valence-electron chi connectivity index (χ4n) is 3.87. The van der Waals surface area contributed by atoms with Gasteiger partial charge in [-0.25, -0.2) is 4.79 Å².